The SMILES string of the molecule is CCCn1cc(C(NN)c2cc(Br)c(Br)s2)cn1. The lowest BCUT2D eigenvalue weighted by molar-refractivity contribution is 0.598. The number of halogens is 2. The summed E-state index contributed by atoms with van der Waals surface area (Å²) in [7, 11) is 0. The van der Waals surface area contributed by atoms with Gasteiger partial charge in [-0.05, 0) is 44.3 Å². The molecule has 0 amide bonds. The second kappa shape index (κ2) is 6.29. The van der Waals surface area contributed by atoms with Crippen LogP contribution in [0.3, 0.4) is 0 Å². The molecule has 98 valence electrons. The number of hydrogen-bond donors (Lipinski definition) is 2. The van der Waals surface area contributed by atoms with Gasteiger partial charge >= 0.3 is 0 Å². The largest absolute Gasteiger partial charge is 0.272 e. The number of thiophene rings is 1. The van der Waals surface area contributed by atoms with Crippen LogP contribution in [-0.4, -0.2) is 9.78 Å². The lowest BCUT2D eigenvalue weighted by Crippen LogP contribution is -2.27. The van der Waals surface area contributed by atoms with Crippen molar-refractivity contribution in [3.05, 3.63) is 37.2 Å². The molecule has 0 spiro atoms. The third-order valence-corrected chi connectivity index (χ3v) is 5.88. The van der Waals surface area contributed by atoms with Gasteiger partial charge in [-0.3, -0.25) is 10.5 Å². The standard InChI is InChI=1S/C11H14Br2N4S/c1-2-3-17-6-7(5-15-17)10(16-14)9-4-8(12)11(13)18-9/h4-6,10,16H,2-3,14H2,1H3. The molecule has 1 atom stereocenters. The highest BCUT2D eigenvalue weighted by molar-refractivity contribution is 9.13. The van der Waals surface area contributed by atoms with Gasteiger partial charge in [0.25, 0.3) is 0 Å². The van der Waals surface area contributed by atoms with E-state index in [0.29, 0.717) is 0 Å². The van der Waals surface area contributed by atoms with Crippen LogP contribution >= 0.6 is 43.2 Å². The smallest absolute Gasteiger partial charge is 0.0843 e. The van der Waals surface area contributed by atoms with Crippen LogP contribution in [0.1, 0.15) is 29.8 Å². The van der Waals surface area contributed by atoms with Gasteiger partial charge in [0.05, 0.1) is 16.0 Å². The van der Waals surface area contributed by atoms with E-state index in [1.54, 1.807) is 11.3 Å². The predicted octanol–water partition coefficient (Wildman–Crippen LogP) is 3.43. The average Bonchev–Trinajstić information content (AvgIpc) is 2.90. The summed E-state index contributed by atoms with van der Waals surface area (Å²) in [5.74, 6) is 5.67. The van der Waals surface area contributed by atoms with Crippen molar-refractivity contribution >= 4 is 43.2 Å². The zero-order chi connectivity index (χ0) is 13.1. The lowest BCUT2D eigenvalue weighted by Gasteiger charge is -2.11. The van der Waals surface area contributed by atoms with Crippen molar-refractivity contribution in [1.82, 2.24) is 15.2 Å². The molecule has 0 aliphatic rings. The fraction of sp³-hybridized carbons (Fsp3) is 0.364. The van der Waals surface area contributed by atoms with Crippen molar-refractivity contribution < 1.29 is 0 Å². The summed E-state index contributed by atoms with van der Waals surface area (Å²) >= 11 is 8.64. The first-order chi connectivity index (χ1) is 8.65. The first kappa shape index (κ1) is 14.2. The molecule has 18 heavy (non-hydrogen) atoms. The van der Waals surface area contributed by atoms with Gasteiger partial charge in [0.2, 0.25) is 0 Å². The highest BCUT2D eigenvalue weighted by Gasteiger charge is 2.18. The Morgan fingerprint density at radius 2 is 2.33 bits per heavy atom. The molecular weight excluding hydrogens is 380 g/mol. The van der Waals surface area contributed by atoms with Gasteiger partial charge in [-0.25, -0.2) is 5.43 Å². The van der Waals surface area contributed by atoms with E-state index in [9.17, 15) is 0 Å². The highest BCUT2D eigenvalue weighted by Crippen LogP contribution is 2.37. The third kappa shape index (κ3) is 3.03. The van der Waals surface area contributed by atoms with Crippen LogP contribution in [-0.2, 0) is 6.54 Å². The zero-order valence-corrected chi connectivity index (χ0v) is 13.8. The third-order valence-electron chi connectivity index (χ3n) is 2.55. The minimum Gasteiger partial charge on any atom is -0.272 e. The Morgan fingerprint density at radius 1 is 1.56 bits per heavy atom. The maximum atomic E-state index is 5.67. The Balaban J connectivity index is 2.26. The molecule has 0 aliphatic carbocycles. The summed E-state index contributed by atoms with van der Waals surface area (Å²) in [6.45, 7) is 3.06. The van der Waals surface area contributed by atoms with E-state index in [4.69, 9.17) is 5.84 Å². The predicted molar refractivity (Wildman–Crippen MR) is 81.4 cm³/mol. The number of nitrogens with zero attached hydrogens (tertiary/aromatic N) is 2. The van der Waals surface area contributed by atoms with Crippen LogP contribution in [0.4, 0.5) is 0 Å². The molecule has 4 nitrogen and oxygen atoms in total. The Labute approximate surface area is 127 Å². The van der Waals surface area contributed by atoms with Crippen LogP contribution in [0, 0.1) is 0 Å². The molecule has 2 rings (SSSR count). The first-order valence-electron chi connectivity index (χ1n) is 5.59. The molecule has 0 saturated carbocycles. The number of hydrogen-bond acceptors (Lipinski definition) is 4. The molecule has 0 radical (unpaired) electrons. The van der Waals surface area contributed by atoms with Gasteiger partial charge in [0, 0.05) is 27.7 Å². The van der Waals surface area contributed by atoms with Crippen LogP contribution < -0.4 is 11.3 Å². The number of nitrogens with one attached hydrogen (secondary N) is 1. The minimum atomic E-state index is -0.0248. The number of rotatable bonds is 5. The zero-order valence-electron chi connectivity index (χ0n) is 9.86. The highest BCUT2D eigenvalue weighted by atomic mass is 79.9. The summed E-state index contributed by atoms with van der Waals surface area (Å²) in [5.41, 5.74) is 3.92. The van der Waals surface area contributed by atoms with E-state index in [0.717, 1.165) is 31.7 Å². The molecular formula is C11H14Br2N4S. The van der Waals surface area contributed by atoms with Gasteiger partial charge < -0.3 is 0 Å². The summed E-state index contributed by atoms with van der Waals surface area (Å²) in [6, 6.07) is 2.04. The molecule has 0 aliphatic heterocycles. The Bertz CT molecular complexity index is 503. The number of aromatic nitrogens is 2. The fourth-order valence-electron chi connectivity index (χ4n) is 1.73. The van der Waals surface area contributed by atoms with Crippen LogP contribution in [0.25, 0.3) is 0 Å². The van der Waals surface area contributed by atoms with Crippen molar-refractivity contribution in [2.75, 3.05) is 0 Å². The van der Waals surface area contributed by atoms with Gasteiger partial charge in [-0.15, -0.1) is 11.3 Å². The van der Waals surface area contributed by atoms with Crippen LogP contribution in [0.5, 0.6) is 0 Å². The molecule has 1 unspecified atom stereocenters. The number of hydrazine groups is 1. The number of aryl methyl sites for hydroxylation is 1. The molecule has 0 fully saturated rings. The van der Waals surface area contributed by atoms with Crippen molar-refractivity contribution in [3.63, 3.8) is 0 Å². The van der Waals surface area contributed by atoms with E-state index in [1.807, 2.05) is 17.1 Å². The van der Waals surface area contributed by atoms with E-state index < -0.39 is 0 Å². The van der Waals surface area contributed by atoms with Crippen molar-refractivity contribution in [3.8, 4) is 0 Å². The molecule has 7 heteroatoms. The minimum absolute atomic E-state index is 0.0248. The summed E-state index contributed by atoms with van der Waals surface area (Å²) in [5, 5.41) is 4.33. The number of nitrogens with two attached hydrogens (primary N) is 1. The molecule has 3 N–H and O–H groups in total. The van der Waals surface area contributed by atoms with Crippen molar-refractivity contribution in [2.24, 2.45) is 5.84 Å². The van der Waals surface area contributed by atoms with Crippen molar-refractivity contribution in [2.45, 2.75) is 25.9 Å². The van der Waals surface area contributed by atoms with Gasteiger partial charge in [-0.2, -0.15) is 5.10 Å². The molecule has 2 heterocycles. The second-order valence-corrected chi connectivity index (χ2v) is 7.16. The van der Waals surface area contributed by atoms with E-state index in [1.165, 1.54) is 0 Å². The molecule has 0 bridgehead atoms. The molecule has 2 aromatic rings. The summed E-state index contributed by atoms with van der Waals surface area (Å²) in [4.78, 5) is 1.15. The van der Waals surface area contributed by atoms with Crippen molar-refractivity contribution in [1.29, 1.82) is 0 Å². The summed E-state index contributed by atoms with van der Waals surface area (Å²) in [6.07, 6.45) is 4.97. The maximum Gasteiger partial charge on any atom is 0.0843 e. The Morgan fingerprint density at radius 3 is 2.89 bits per heavy atom. The molecule has 0 saturated heterocycles. The quantitative estimate of drug-likeness (QED) is 0.604. The van der Waals surface area contributed by atoms with Crippen LogP contribution in [0.2, 0.25) is 0 Å². The van der Waals surface area contributed by atoms with E-state index in [-0.39, 0.29) is 6.04 Å². The molecule has 0 aromatic carbocycles. The molecule has 2 aromatic heterocycles. The average molecular weight is 394 g/mol. The van der Waals surface area contributed by atoms with Crippen LogP contribution in [0.15, 0.2) is 26.7 Å². The topological polar surface area (TPSA) is 55.9 Å². The van der Waals surface area contributed by atoms with Gasteiger partial charge in [0.1, 0.15) is 0 Å². The first-order valence-corrected chi connectivity index (χ1v) is 7.99. The van der Waals surface area contributed by atoms with E-state index >= 15 is 0 Å². The van der Waals surface area contributed by atoms with Gasteiger partial charge in [0.15, 0.2) is 0 Å². The summed E-state index contributed by atoms with van der Waals surface area (Å²) < 4.78 is 4.06. The normalized spacial score (nSPS) is 12.9. The fourth-order valence-corrected chi connectivity index (χ4v) is 3.91. The second-order valence-electron chi connectivity index (χ2n) is 3.91. The van der Waals surface area contributed by atoms with Gasteiger partial charge in [-0.1, -0.05) is 6.92 Å². The van der Waals surface area contributed by atoms with E-state index in [2.05, 4.69) is 55.4 Å². The Kier molecular flexibility index (Phi) is 4.97. The Hall–Kier alpha value is -0.210. The monoisotopic (exact) mass is 392 g/mol. The maximum absolute atomic E-state index is 5.67. The lowest BCUT2D eigenvalue weighted by atomic mass is 10.1.